The first-order chi connectivity index (χ1) is 8.25. The molecule has 0 radical (unpaired) electrons. The van der Waals surface area contributed by atoms with Crippen molar-refractivity contribution in [3.63, 3.8) is 0 Å². The summed E-state index contributed by atoms with van der Waals surface area (Å²) in [5, 5.41) is 0.815. The van der Waals surface area contributed by atoms with Gasteiger partial charge in [-0.15, -0.1) is 0 Å². The molecule has 1 heterocycles. The zero-order valence-corrected chi connectivity index (χ0v) is 11.1. The summed E-state index contributed by atoms with van der Waals surface area (Å²) in [5.41, 5.74) is 2.35. The lowest BCUT2D eigenvalue weighted by molar-refractivity contribution is -0.532. The van der Waals surface area contributed by atoms with Crippen LogP contribution in [0.25, 0.3) is 5.03 Å². The Morgan fingerprint density at radius 2 is 1.76 bits per heavy atom. The van der Waals surface area contributed by atoms with E-state index in [4.69, 9.17) is 11.6 Å². The molecule has 1 aromatic rings. The topological polar surface area (TPSA) is 3.01 Å². The largest absolute Gasteiger partial charge is 0.236 e. The smallest absolute Gasteiger partial charge is 0.164 e. The summed E-state index contributed by atoms with van der Waals surface area (Å²) in [4.78, 5) is 0. The van der Waals surface area contributed by atoms with E-state index in [1.807, 2.05) is 6.08 Å². The summed E-state index contributed by atoms with van der Waals surface area (Å²) in [7, 11) is 0. The Labute approximate surface area is 108 Å². The highest BCUT2D eigenvalue weighted by atomic mass is 35.5. The van der Waals surface area contributed by atoms with Gasteiger partial charge in [-0.1, -0.05) is 41.4 Å². The van der Waals surface area contributed by atoms with Gasteiger partial charge in [0.05, 0.1) is 5.03 Å². The third-order valence-electron chi connectivity index (χ3n) is 3.15. The lowest BCUT2D eigenvalue weighted by Gasteiger charge is -2.08. The molecule has 2 rings (SSSR count). The summed E-state index contributed by atoms with van der Waals surface area (Å²) in [6, 6.07) is 8.31. The maximum absolute atomic E-state index is 6.28. The zero-order valence-electron chi connectivity index (χ0n) is 10.3. The maximum Gasteiger partial charge on any atom is 0.164 e. The molecular formula is C15H19ClN+. The quantitative estimate of drug-likeness (QED) is 0.700. The number of aryl methyl sites for hydroxylation is 1. The molecule has 2 heteroatoms. The number of rotatable bonds is 2. The fourth-order valence-electron chi connectivity index (χ4n) is 2.05. The molecule has 0 bridgehead atoms. The van der Waals surface area contributed by atoms with Crippen molar-refractivity contribution in [2.24, 2.45) is 0 Å². The number of hydrogen-bond acceptors (Lipinski definition) is 0. The van der Waals surface area contributed by atoms with Crippen LogP contribution in [0.5, 0.6) is 0 Å². The minimum absolute atomic E-state index is 0.815. The average molecular weight is 249 g/mol. The molecule has 1 saturated heterocycles. The van der Waals surface area contributed by atoms with E-state index in [1.165, 1.54) is 24.8 Å². The highest BCUT2D eigenvalue weighted by Gasteiger charge is 2.09. The first kappa shape index (κ1) is 12.4. The van der Waals surface area contributed by atoms with Gasteiger partial charge in [0.2, 0.25) is 0 Å². The lowest BCUT2D eigenvalue weighted by Crippen LogP contribution is -2.20. The molecule has 0 unspecified atom stereocenters. The summed E-state index contributed by atoms with van der Waals surface area (Å²) < 4.78 is 2.35. The van der Waals surface area contributed by atoms with Crippen molar-refractivity contribution in [3.05, 3.63) is 41.5 Å². The van der Waals surface area contributed by atoms with E-state index >= 15 is 0 Å². The van der Waals surface area contributed by atoms with Crippen LogP contribution < -0.4 is 0 Å². The van der Waals surface area contributed by atoms with Gasteiger partial charge in [0, 0.05) is 18.9 Å². The third-order valence-corrected chi connectivity index (χ3v) is 3.49. The molecule has 0 spiro atoms. The van der Waals surface area contributed by atoms with E-state index in [9.17, 15) is 0 Å². The predicted octanol–water partition coefficient (Wildman–Crippen LogP) is 3.84. The van der Waals surface area contributed by atoms with E-state index in [1.54, 1.807) is 0 Å². The second-order valence-corrected chi connectivity index (χ2v) is 5.03. The van der Waals surface area contributed by atoms with Gasteiger partial charge in [-0.25, -0.2) is 4.58 Å². The van der Waals surface area contributed by atoms with Gasteiger partial charge >= 0.3 is 0 Å². The molecule has 0 amide bonds. The molecule has 0 aliphatic carbocycles. The standard InChI is InChI=1S/C15H19ClN/c1-13-5-7-14(8-6-13)15(16)9-12-17-10-3-2-4-11-17/h5-9,12H,2-4,10-11H2,1H3/q+1/b15-9-. The summed E-state index contributed by atoms with van der Waals surface area (Å²) in [6.07, 6.45) is 8.09. The molecule has 1 aromatic carbocycles. The molecule has 17 heavy (non-hydrogen) atoms. The normalized spacial score (nSPS) is 17.1. The van der Waals surface area contributed by atoms with Crippen LogP contribution in [0.4, 0.5) is 0 Å². The number of halogens is 1. The molecule has 90 valence electrons. The Hall–Kier alpha value is -1.08. The zero-order chi connectivity index (χ0) is 12.1. The van der Waals surface area contributed by atoms with E-state index in [2.05, 4.69) is 42.0 Å². The van der Waals surface area contributed by atoms with Crippen LogP contribution >= 0.6 is 11.6 Å². The number of allylic oxidation sites excluding steroid dienone is 1. The molecule has 1 aliphatic rings. The first-order valence-corrected chi connectivity index (χ1v) is 6.65. The van der Waals surface area contributed by atoms with Crippen molar-refractivity contribution in [3.8, 4) is 0 Å². The van der Waals surface area contributed by atoms with E-state index in [0.29, 0.717) is 0 Å². The minimum Gasteiger partial charge on any atom is -0.236 e. The molecule has 0 aromatic heterocycles. The summed E-state index contributed by atoms with van der Waals surface area (Å²) in [5.74, 6) is 0. The predicted molar refractivity (Wildman–Crippen MR) is 74.9 cm³/mol. The van der Waals surface area contributed by atoms with Crippen LogP contribution in [-0.4, -0.2) is 23.9 Å². The number of nitrogens with zero attached hydrogens (tertiary/aromatic N) is 1. The highest BCUT2D eigenvalue weighted by molar-refractivity contribution is 6.49. The highest BCUT2D eigenvalue weighted by Crippen LogP contribution is 2.18. The first-order valence-electron chi connectivity index (χ1n) is 6.27. The summed E-state index contributed by atoms with van der Waals surface area (Å²) >= 11 is 6.28. The van der Waals surface area contributed by atoms with Crippen LogP contribution in [0.15, 0.2) is 30.3 Å². The Morgan fingerprint density at radius 3 is 2.41 bits per heavy atom. The second-order valence-electron chi connectivity index (χ2n) is 4.63. The van der Waals surface area contributed by atoms with Gasteiger partial charge in [-0.05, 0) is 18.9 Å². The molecule has 0 atom stereocenters. The van der Waals surface area contributed by atoms with Crippen molar-refractivity contribution >= 4 is 22.8 Å². The van der Waals surface area contributed by atoms with Crippen molar-refractivity contribution < 1.29 is 4.58 Å². The molecule has 1 aliphatic heterocycles. The van der Waals surface area contributed by atoms with Gasteiger partial charge < -0.3 is 0 Å². The Morgan fingerprint density at radius 1 is 1.12 bits per heavy atom. The molecule has 0 saturated carbocycles. The van der Waals surface area contributed by atoms with Crippen molar-refractivity contribution in [1.82, 2.24) is 0 Å². The monoisotopic (exact) mass is 248 g/mol. The fraction of sp³-hybridized carbons (Fsp3) is 0.400. The molecular weight excluding hydrogens is 230 g/mol. The minimum atomic E-state index is 0.815. The van der Waals surface area contributed by atoms with E-state index < -0.39 is 0 Å². The lowest BCUT2D eigenvalue weighted by atomic mass is 10.1. The Kier molecular flexibility index (Phi) is 4.38. The van der Waals surface area contributed by atoms with Gasteiger partial charge in [-0.2, -0.15) is 0 Å². The fourth-order valence-corrected chi connectivity index (χ4v) is 2.23. The molecule has 1 nitrogen and oxygen atoms in total. The van der Waals surface area contributed by atoms with Crippen LogP contribution in [0.1, 0.15) is 30.4 Å². The van der Waals surface area contributed by atoms with Gasteiger partial charge in [0.1, 0.15) is 13.1 Å². The van der Waals surface area contributed by atoms with Gasteiger partial charge in [-0.3, -0.25) is 0 Å². The number of hydrogen-bond donors (Lipinski definition) is 0. The van der Waals surface area contributed by atoms with Crippen LogP contribution in [0.3, 0.4) is 0 Å². The average Bonchev–Trinajstić information content (AvgIpc) is 2.38. The third kappa shape index (κ3) is 3.71. The Bertz CT molecular complexity index is 421. The molecule has 1 fully saturated rings. The number of benzene rings is 1. The summed E-state index contributed by atoms with van der Waals surface area (Å²) in [6.45, 7) is 4.41. The van der Waals surface area contributed by atoms with Gasteiger partial charge in [0.25, 0.3) is 0 Å². The SMILES string of the molecule is Cc1ccc(/C(Cl)=C/C=[N+]2CCCCC2)cc1. The van der Waals surface area contributed by atoms with E-state index in [0.717, 1.165) is 23.7 Å². The maximum atomic E-state index is 6.28. The van der Waals surface area contributed by atoms with Crippen LogP contribution in [0, 0.1) is 6.92 Å². The second kappa shape index (κ2) is 6.02. The van der Waals surface area contributed by atoms with E-state index in [-0.39, 0.29) is 0 Å². The van der Waals surface area contributed by atoms with Crippen LogP contribution in [0.2, 0.25) is 0 Å². The molecule has 0 N–H and O–H groups in total. The Balaban J connectivity index is 2.08. The van der Waals surface area contributed by atoms with Crippen LogP contribution in [-0.2, 0) is 0 Å². The van der Waals surface area contributed by atoms with Gasteiger partial charge in [0.15, 0.2) is 6.21 Å². The van der Waals surface area contributed by atoms with Crippen molar-refractivity contribution in [2.75, 3.05) is 13.1 Å². The number of piperidine rings is 1. The van der Waals surface area contributed by atoms with Crippen molar-refractivity contribution in [1.29, 1.82) is 0 Å². The van der Waals surface area contributed by atoms with Crippen molar-refractivity contribution in [2.45, 2.75) is 26.2 Å².